The van der Waals surface area contributed by atoms with Gasteiger partial charge in [-0.25, -0.2) is 0 Å². The normalized spacial score (nSPS) is 12.6. The lowest BCUT2D eigenvalue weighted by Crippen LogP contribution is -1.98. The molecule has 78 valence electrons. The molecule has 2 N–H and O–H groups in total. The molecule has 0 bridgehead atoms. The number of ether oxygens (including phenoxy) is 1. The van der Waals surface area contributed by atoms with Crippen LogP contribution < -0.4 is 4.74 Å². The minimum absolute atomic E-state index is 0.0515. The second-order valence-corrected chi connectivity index (χ2v) is 3.53. The Bertz CT molecular complexity index is 348. The Morgan fingerprint density at radius 3 is 2.50 bits per heavy atom. The van der Waals surface area contributed by atoms with Gasteiger partial charge in [-0.2, -0.15) is 0 Å². The molecule has 0 saturated carbocycles. The van der Waals surface area contributed by atoms with Gasteiger partial charge in [0.1, 0.15) is 0 Å². The van der Waals surface area contributed by atoms with Gasteiger partial charge in [-0.3, -0.25) is 0 Å². The van der Waals surface area contributed by atoms with Gasteiger partial charge in [0.05, 0.1) is 13.2 Å². The average Bonchev–Trinajstić information content (AvgIpc) is 2.11. The van der Waals surface area contributed by atoms with Crippen molar-refractivity contribution in [3.05, 3.63) is 22.2 Å². The first-order valence-corrected chi connectivity index (χ1v) is 4.60. The van der Waals surface area contributed by atoms with Gasteiger partial charge in [-0.15, -0.1) is 0 Å². The van der Waals surface area contributed by atoms with Crippen LogP contribution in [0.5, 0.6) is 11.5 Å². The van der Waals surface area contributed by atoms with Crippen LogP contribution in [0.2, 0.25) is 5.02 Å². The van der Waals surface area contributed by atoms with Gasteiger partial charge in [0.2, 0.25) is 0 Å². The summed E-state index contributed by atoms with van der Waals surface area (Å²) < 4.78 is 4.93. The predicted molar refractivity (Wildman–Crippen MR) is 55.0 cm³/mol. The largest absolute Gasteiger partial charge is 0.504 e. The van der Waals surface area contributed by atoms with E-state index in [9.17, 15) is 10.2 Å². The number of halogens is 1. The standard InChI is InChI=1S/C10H13ClO3/c1-5-7(11)4-8(14-3)10(13)9(5)6(2)12/h4,6,12-13H,1-3H3. The number of aliphatic hydroxyl groups is 1. The number of methoxy groups -OCH3 is 1. The van der Waals surface area contributed by atoms with E-state index in [2.05, 4.69) is 0 Å². The number of benzene rings is 1. The highest BCUT2D eigenvalue weighted by Gasteiger charge is 2.17. The molecule has 3 nitrogen and oxygen atoms in total. The molecule has 0 aliphatic carbocycles. The van der Waals surface area contributed by atoms with Crippen LogP contribution in [-0.4, -0.2) is 17.3 Å². The first-order valence-electron chi connectivity index (χ1n) is 4.23. The summed E-state index contributed by atoms with van der Waals surface area (Å²) in [6, 6.07) is 1.53. The second kappa shape index (κ2) is 4.07. The molecule has 0 radical (unpaired) electrons. The van der Waals surface area contributed by atoms with Crippen LogP contribution >= 0.6 is 11.6 Å². The van der Waals surface area contributed by atoms with E-state index >= 15 is 0 Å². The fourth-order valence-corrected chi connectivity index (χ4v) is 1.60. The van der Waals surface area contributed by atoms with Gasteiger partial charge in [-0.05, 0) is 19.4 Å². The minimum Gasteiger partial charge on any atom is -0.504 e. The summed E-state index contributed by atoms with van der Waals surface area (Å²) in [5.41, 5.74) is 1.08. The number of phenolic OH excluding ortho intramolecular Hbond substituents is 1. The SMILES string of the molecule is COc1cc(Cl)c(C)c(C(C)O)c1O. The third-order valence-corrected chi connectivity index (χ3v) is 2.54. The Labute approximate surface area is 87.9 Å². The fourth-order valence-electron chi connectivity index (χ4n) is 1.40. The highest BCUT2D eigenvalue weighted by atomic mass is 35.5. The lowest BCUT2D eigenvalue weighted by Gasteiger charge is -2.15. The average molecular weight is 217 g/mol. The van der Waals surface area contributed by atoms with Crippen LogP contribution in [-0.2, 0) is 0 Å². The molecule has 14 heavy (non-hydrogen) atoms. The monoisotopic (exact) mass is 216 g/mol. The maximum absolute atomic E-state index is 9.72. The molecule has 0 spiro atoms. The molecule has 1 aromatic rings. The predicted octanol–water partition coefficient (Wildman–Crippen LogP) is 2.42. The molecular formula is C10H13ClO3. The molecule has 4 heteroatoms. The minimum atomic E-state index is -0.775. The van der Waals surface area contributed by atoms with Crippen molar-refractivity contribution >= 4 is 11.6 Å². The summed E-state index contributed by atoms with van der Waals surface area (Å²) in [6.45, 7) is 3.31. The Morgan fingerprint density at radius 2 is 2.07 bits per heavy atom. The molecule has 0 aromatic heterocycles. The van der Waals surface area contributed by atoms with Crippen molar-refractivity contribution < 1.29 is 14.9 Å². The summed E-state index contributed by atoms with van der Waals surface area (Å²) in [5.74, 6) is 0.223. The van der Waals surface area contributed by atoms with E-state index in [0.29, 0.717) is 16.1 Å². The van der Waals surface area contributed by atoms with Gasteiger partial charge in [-0.1, -0.05) is 11.6 Å². The molecule has 0 fully saturated rings. The Hall–Kier alpha value is -0.930. The summed E-state index contributed by atoms with van der Waals surface area (Å²) in [5, 5.41) is 19.6. The number of phenols is 1. The third kappa shape index (κ3) is 1.79. The van der Waals surface area contributed by atoms with E-state index in [4.69, 9.17) is 16.3 Å². The van der Waals surface area contributed by atoms with E-state index < -0.39 is 6.10 Å². The molecule has 1 rings (SSSR count). The van der Waals surface area contributed by atoms with Gasteiger partial charge in [0.15, 0.2) is 11.5 Å². The van der Waals surface area contributed by atoms with Crippen LogP contribution in [0, 0.1) is 6.92 Å². The summed E-state index contributed by atoms with van der Waals surface area (Å²) in [4.78, 5) is 0. The van der Waals surface area contributed by atoms with Crippen molar-refractivity contribution in [1.29, 1.82) is 0 Å². The van der Waals surface area contributed by atoms with Crippen LogP contribution in [0.3, 0.4) is 0 Å². The maximum Gasteiger partial charge on any atom is 0.163 e. The van der Waals surface area contributed by atoms with Crippen molar-refractivity contribution in [3.63, 3.8) is 0 Å². The van der Waals surface area contributed by atoms with Gasteiger partial charge < -0.3 is 14.9 Å². The van der Waals surface area contributed by atoms with Crippen molar-refractivity contribution in [1.82, 2.24) is 0 Å². The Balaban J connectivity index is 3.45. The van der Waals surface area contributed by atoms with Gasteiger partial charge >= 0.3 is 0 Å². The smallest absolute Gasteiger partial charge is 0.163 e. The molecule has 0 aliphatic heterocycles. The zero-order valence-corrected chi connectivity index (χ0v) is 9.09. The molecule has 1 aromatic carbocycles. The van der Waals surface area contributed by atoms with Crippen LogP contribution in [0.15, 0.2) is 6.07 Å². The molecule has 0 saturated heterocycles. The maximum atomic E-state index is 9.72. The molecule has 0 amide bonds. The van der Waals surface area contributed by atoms with Crippen molar-refractivity contribution in [2.75, 3.05) is 7.11 Å². The lowest BCUT2D eigenvalue weighted by molar-refractivity contribution is 0.193. The van der Waals surface area contributed by atoms with E-state index in [1.807, 2.05) is 0 Å². The molecule has 1 atom stereocenters. The van der Waals surface area contributed by atoms with E-state index in [0.717, 1.165) is 0 Å². The lowest BCUT2D eigenvalue weighted by atomic mass is 10.0. The molecule has 1 unspecified atom stereocenters. The van der Waals surface area contributed by atoms with Gasteiger partial charge in [0.25, 0.3) is 0 Å². The summed E-state index contributed by atoms with van der Waals surface area (Å²) in [7, 11) is 1.44. The van der Waals surface area contributed by atoms with Crippen molar-refractivity contribution in [2.45, 2.75) is 20.0 Å². The number of aromatic hydroxyl groups is 1. The number of hydrogen-bond donors (Lipinski definition) is 2. The number of rotatable bonds is 2. The highest BCUT2D eigenvalue weighted by molar-refractivity contribution is 6.31. The van der Waals surface area contributed by atoms with Crippen LogP contribution in [0.25, 0.3) is 0 Å². The zero-order valence-electron chi connectivity index (χ0n) is 8.34. The van der Waals surface area contributed by atoms with Crippen LogP contribution in [0.1, 0.15) is 24.2 Å². The van der Waals surface area contributed by atoms with Crippen LogP contribution in [0.4, 0.5) is 0 Å². The first kappa shape index (κ1) is 11.1. The topological polar surface area (TPSA) is 49.7 Å². The highest BCUT2D eigenvalue weighted by Crippen LogP contribution is 2.39. The summed E-state index contributed by atoms with van der Waals surface area (Å²) in [6.07, 6.45) is -0.775. The summed E-state index contributed by atoms with van der Waals surface area (Å²) >= 11 is 5.91. The zero-order chi connectivity index (χ0) is 10.9. The van der Waals surface area contributed by atoms with E-state index in [1.165, 1.54) is 13.2 Å². The Kier molecular flexibility index (Phi) is 3.24. The second-order valence-electron chi connectivity index (χ2n) is 3.12. The molecule has 0 aliphatic rings. The molecule has 0 heterocycles. The third-order valence-electron chi connectivity index (χ3n) is 2.15. The fraction of sp³-hybridized carbons (Fsp3) is 0.400. The van der Waals surface area contributed by atoms with Crippen molar-refractivity contribution in [3.8, 4) is 11.5 Å². The number of aliphatic hydroxyl groups excluding tert-OH is 1. The van der Waals surface area contributed by atoms with Gasteiger partial charge in [0, 0.05) is 16.7 Å². The molecular weight excluding hydrogens is 204 g/mol. The van der Waals surface area contributed by atoms with E-state index in [1.54, 1.807) is 13.8 Å². The van der Waals surface area contributed by atoms with Crippen molar-refractivity contribution in [2.24, 2.45) is 0 Å². The Morgan fingerprint density at radius 1 is 1.50 bits per heavy atom. The van der Waals surface area contributed by atoms with E-state index in [-0.39, 0.29) is 11.5 Å². The number of hydrogen-bond acceptors (Lipinski definition) is 3. The quantitative estimate of drug-likeness (QED) is 0.798. The first-order chi connectivity index (χ1) is 6.49.